The van der Waals surface area contributed by atoms with E-state index in [0.717, 1.165) is 16.9 Å². The maximum Gasteiger partial charge on any atom is 0.317 e. The summed E-state index contributed by atoms with van der Waals surface area (Å²) in [4.78, 5) is 12.6. The second kappa shape index (κ2) is 4.75. The summed E-state index contributed by atoms with van der Waals surface area (Å²) in [6.45, 7) is 5.97. The molecule has 0 fully saturated rings. The fourth-order valence-electron chi connectivity index (χ4n) is 2.29. The number of aryl methyl sites for hydroxylation is 2. The van der Waals surface area contributed by atoms with Crippen molar-refractivity contribution < 1.29 is 14.6 Å². The molecule has 0 spiro atoms. The van der Waals surface area contributed by atoms with Crippen LogP contribution >= 0.6 is 0 Å². The van der Waals surface area contributed by atoms with Crippen LogP contribution in [0.2, 0.25) is 0 Å². The van der Waals surface area contributed by atoms with Crippen LogP contribution in [0, 0.1) is 13.8 Å². The first-order chi connectivity index (χ1) is 8.06. The number of rotatable bonds is 2. The summed E-state index contributed by atoms with van der Waals surface area (Å²) in [7, 11) is 0. The second-order valence-corrected chi connectivity index (χ2v) is 4.52. The zero-order chi connectivity index (χ0) is 12.4. The predicted octanol–water partition coefficient (Wildman–Crippen LogP) is 1.58. The van der Waals surface area contributed by atoms with E-state index in [2.05, 4.69) is 12.1 Å². The minimum atomic E-state index is -0.794. The summed E-state index contributed by atoms with van der Waals surface area (Å²) in [5, 5.41) is 8.83. The Hall–Kier alpha value is -1.55. The van der Waals surface area contributed by atoms with Crippen LogP contribution in [0.15, 0.2) is 12.1 Å². The monoisotopic (exact) mass is 235 g/mol. The molecule has 0 aliphatic carbocycles. The van der Waals surface area contributed by atoms with Crippen LogP contribution in [0.5, 0.6) is 5.75 Å². The molecule has 0 bridgehead atoms. The molecule has 1 N–H and O–H groups in total. The minimum Gasteiger partial charge on any atom is -0.492 e. The van der Waals surface area contributed by atoms with Crippen molar-refractivity contribution in [2.45, 2.75) is 20.4 Å². The summed E-state index contributed by atoms with van der Waals surface area (Å²) in [5.41, 5.74) is 3.39. The fourth-order valence-corrected chi connectivity index (χ4v) is 2.29. The Morgan fingerprint density at radius 1 is 1.47 bits per heavy atom. The number of carboxylic acid groups (broad SMARTS) is 1. The highest BCUT2D eigenvalue weighted by molar-refractivity contribution is 5.69. The molecule has 0 atom stereocenters. The third-order valence-corrected chi connectivity index (χ3v) is 2.90. The molecule has 1 heterocycles. The molecule has 2 rings (SSSR count). The average molecular weight is 235 g/mol. The van der Waals surface area contributed by atoms with Gasteiger partial charge in [-0.15, -0.1) is 0 Å². The molecule has 0 saturated carbocycles. The number of carbonyl (C=O) groups is 1. The van der Waals surface area contributed by atoms with E-state index in [9.17, 15) is 4.79 Å². The quantitative estimate of drug-likeness (QED) is 0.845. The van der Waals surface area contributed by atoms with Gasteiger partial charge in [0.05, 0.1) is 6.54 Å². The van der Waals surface area contributed by atoms with Gasteiger partial charge in [0.15, 0.2) is 0 Å². The first kappa shape index (κ1) is 11.9. The van der Waals surface area contributed by atoms with Crippen molar-refractivity contribution in [2.24, 2.45) is 0 Å². The minimum absolute atomic E-state index is 0.0653. The lowest BCUT2D eigenvalue weighted by molar-refractivity contribution is -0.138. The first-order valence-electron chi connectivity index (χ1n) is 5.73. The Balaban J connectivity index is 2.27. The number of hydrogen-bond donors (Lipinski definition) is 1. The molecule has 4 heteroatoms. The lowest BCUT2D eigenvalue weighted by Crippen LogP contribution is -2.31. The van der Waals surface area contributed by atoms with Crippen LogP contribution in [-0.4, -0.2) is 35.7 Å². The zero-order valence-electron chi connectivity index (χ0n) is 10.2. The van der Waals surface area contributed by atoms with Gasteiger partial charge in [-0.25, -0.2) is 0 Å². The normalized spacial score (nSPS) is 15.9. The van der Waals surface area contributed by atoms with Crippen LogP contribution in [0.25, 0.3) is 0 Å². The van der Waals surface area contributed by atoms with Gasteiger partial charge < -0.3 is 9.84 Å². The maximum atomic E-state index is 10.7. The molecule has 0 saturated heterocycles. The van der Waals surface area contributed by atoms with E-state index >= 15 is 0 Å². The number of hydrogen-bond acceptors (Lipinski definition) is 3. The van der Waals surface area contributed by atoms with Crippen molar-refractivity contribution in [3.63, 3.8) is 0 Å². The van der Waals surface area contributed by atoms with Gasteiger partial charge in [0.1, 0.15) is 12.4 Å². The van der Waals surface area contributed by atoms with Crippen LogP contribution in [0.4, 0.5) is 0 Å². The first-order valence-corrected chi connectivity index (χ1v) is 5.73. The van der Waals surface area contributed by atoms with Gasteiger partial charge in [0.2, 0.25) is 0 Å². The molecule has 17 heavy (non-hydrogen) atoms. The fraction of sp³-hybridized carbons (Fsp3) is 0.462. The van der Waals surface area contributed by atoms with E-state index in [0.29, 0.717) is 19.7 Å². The van der Waals surface area contributed by atoms with E-state index in [1.807, 2.05) is 18.7 Å². The highest BCUT2D eigenvalue weighted by atomic mass is 16.5. The number of nitrogens with zero attached hydrogens (tertiary/aromatic N) is 1. The average Bonchev–Trinajstić information content (AvgIpc) is 2.38. The molecular formula is C13H17NO3. The second-order valence-electron chi connectivity index (χ2n) is 4.52. The highest BCUT2D eigenvalue weighted by Gasteiger charge is 2.18. The maximum absolute atomic E-state index is 10.7. The summed E-state index contributed by atoms with van der Waals surface area (Å²) in [5.74, 6) is 0.126. The zero-order valence-corrected chi connectivity index (χ0v) is 10.2. The Labute approximate surface area is 101 Å². The van der Waals surface area contributed by atoms with Crippen LogP contribution in [-0.2, 0) is 11.3 Å². The molecule has 4 nitrogen and oxygen atoms in total. The lowest BCUT2D eigenvalue weighted by Gasteiger charge is -2.16. The van der Waals surface area contributed by atoms with E-state index in [-0.39, 0.29) is 6.54 Å². The Morgan fingerprint density at radius 3 is 2.94 bits per heavy atom. The molecule has 1 aliphatic rings. The molecule has 1 aliphatic heterocycles. The Morgan fingerprint density at radius 2 is 2.24 bits per heavy atom. The molecular weight excluding hydrogens is 218 g/mol. The molecule has 0 aromatic heterocycles. The largest absolute Gasteiger partial charge is 0.492 e. The van der Waals surface area contributed by atoms with Gasteiger partial charge in [-0.3, -0.25) is 9.69 Å². The Bertz CT molecular complexity index is 443. The van der Waals surface area contributed by atoms with Gasteiger partial charge in [-0.2, -0.15) is 0 Å². The molecule has 1 aromatic carbocycles. The van der Waals surface area contributed by atoms with E-state index in [1.54, 1.807) is 0 Å². The summed E-state index contributed by atoms with van der Waals surface area (Å²) in [6.07, 6.45) is 0. The summed E-state index contributed by atoms with van der Waals surface area (Å²) in [6, 6.07) is 4.16. The van der Waals surface area contributed by atoms with Gasteiger partial charge in [-0.1, -0.05) is 17.7 Å². The number of aliphatic carboxylic acids is 1. The van der Waals surface area contributed by atoms with Crippen LogP contribution < -0.4 is 4.74 Å². The third kappa shape index (κ3) is 2.77. The molecule has 92 valence electrons. The van der Waals surface area contributed by atoms with Gasteiger partial charge in [0.25, 0.3) is 0 Å². The van der Waals surface area contributed by atoms with Crippen molar-refractivity contribution >= 4 is 5.97 Å². The van der Waals surface area contributed by atoms with Crippen molar-refractivity contribution in [3.05, 3.63) is 28.8 Å². The number of ether oxygens (including phenoxy) is 1. The lowest BCUT2D eigenvalue weighted by atomic mass is 10.1. The van der Waals surface area contributed by atoms with E-state index in [4.69, 9.17) is 9.84 Å². The van der Waals surface area contributed by atoms with Crippen molar-refractivity contribution in [1.82, 2.24) is 4.90 Å². The van der Waals surface area contributed by atoms with Gasteiger partial charge >= 0.3 is 5.97 Å². The third-order valence-electron chi connectivity index (χ3n) is 2.90. The number of fused-ring (bicyclic) bond motifs is 1. The van der Waals surface area contributed by atoms with Crippen molar-refractivity contribution in [1.29, 1.82) is 0 Å². The highest BCUT2D eigenvalue weighted by Crippen LogP contribution is 2.28. The topological polar surface area (TPSA) is 49.8 Å². The van der Waals surface area contributed by atoms with Gasteiger partial charge in [0, 0.05) is 18.7 Å². The predicted molar refractivity (Wildman–Crippen MR) is 64.3 cm³/mol. The smallest absolute Gasteiger partial charge is 0.317 e. The van der Waals surface area contributed by atoms with Crippen molar-refractivity contribution in [3.8, 4) is 5.75 Å². The van der Waals surface area contributed by atoms with Crippen LogP contribution in [0.1, 0.15) is 16.7 Å². The standard InChI is InChI=1S/C13H17NO3/c1-9-5-10(2)13-11(6-9)7-14(3-4-17-13)8-12(15)16/h5-6H,3-4,7-8H2,1-2H3,(H,15,16). The van der Waals surface area contributed by atoms with E-state index in [1.165, 1.54) is 5.56 Å². The number of benzene rings is 1. The molecule has 0 amide bonds. The molecule has 0 unspecified atom stereocenters. The van der Waals surface area contributed by atoms with Gasteiger partial charge in [-0.05, 0) is 19.4 Å². The SMILES string of the molecule is Cc1cc(C)c2c(c1)CN(CC(=O)O)CCO2. The number of carboxylic acids is 1. The van der Waals surface area contributed by atoms with Crippen LogP contribution in [0.3, 0.4) is 0 Å². The van der Waals surface area contributed by atoms with E-state index < -0.39 is 5.97 Å². The molecule has 1 aromatic rings. The Kier molecular flexibility index (Phi) is 3.33. The van der Waals surface area contributed by atoms with Crippen molar-refractivity contribution in [2.75, 3.05) is 19.7 Å². The summed E-state index contributed by atoms with van der Waals surface area (Å²) < 4.78 is 5.71. The summed E-state index contributed by atoms with van der Waals surface area (Å²) >= 11 is 0. The molecule has 0 radical (unpaired) electrons.